The van der Waals surface area contributed by atoms with Gasteiger partial charge in [-0.3, -0.25) is 9.59 Å². The van der Waals surface area contributed by atoms with Crippen molar-refractivity contribution < 1.29 is 13.9 Å². The molecule has 16 heavy (non-hydrogen) atoms. The molecule has 0 unspecified atom stereocenters. The van der Waals surface area contributed by atoms with E-state index in [1.165, 1.54) is 12.3 Å². The van der Waals surface area contributed by atoms with Gasteiger partial charge in [0.15, 0.2) is 5.43 Å². The molecular formula is C12H8O4. The lowest BCUT2D eigenvalue weighted by molar-refractivity contribution is -0.135. The third kappa shape index (κ3) is 1.31. The number of hydrogen-bond acceptors (Lipinski definition) is 4. The molecule has 0 radical (unpaired) electrons. The van der Waals surface area contributed by atoms with E-state index in [-0.39, 0.29) is 11.4 Å². The molecule has 0 amide bonds. The summed E-state index contributed by atoms with van der Waals surface area (Å²) in [6, 6.07) is 4.72. The topological polar surface area (TPSA) is 56.5 Å². The van der Waals surface area contributed by atoms with Crippen LogP contribution in [-0.2, 0) is 11.2 Å². The van der Waals surface area contributed by atoms with Crippen LogP contribution in [0.4, 0.5) is 0 Å². The Labute approximate surface area is 90.4 Å². The number of benzene rings is 1. The van der Waals surface area contributed by atoms with E-state index in [9.17, 15) is 9.59 Å². The molecule has 0 aliphatic carbocycles. The molecule has 1 aromatic carbocycles. The average molecular weight is 216 g/mol. The number of hydrogen-bond donors (Lipinski definition) is 0. The van der Waals surface area contributed by atoms with Crippen molar-refractivity contribution in [1.29, 1.82) is 0 Å². The van der Waals surface area contributed by atoms with Crippen molar-refractivity contribution in [3.63, 3.8) is 0 Å². The molecule has 0 spiro atoms. The molecule has 3 rings (SSSR count). The summed E-state index contributed by atoms with van der Waals surface area (Å²) in [6.45, 7) is 0. The van der Waals surface area contributed by atoms with Crippen LogP contribution in [0.1, 0.15) is 12.0 Å². The molecule has 1 aliphatic rings. The van der Waals surface area contributed by atoms with Crippen molar-refractivity contribution in [3.8, 4) is 5.75 Å². The zero-order valence-corrected chi connectivity index (χ0v) is 8.36. The third-order valence-electron chi connectivity index (χ3n) is 2.66. The molecule has 0 atom stereocenters. The van der Waals surface area contributed by atoms with E-state index in [0.29, 0.717) is 29.6 Å². The van der Waals surface area contributed by atoms with Gasteiger partial charge in [0.25, 0.3) is 0 Å². The van der Waals surface area contributed by atoms with Gasteiger partial charge in [-0.1, -0.05) is 0 Å². The SMILES string of the molecule is O=C1CCc2cc3c(=O)ccoc3cc2O1. The summed E-state index contributed by atoms with van der Waals surface area (Å²) < 4.78 is 10.3. The second-order valence-electron chi connectivity index (χ2n) is 3.72. The number of rotatable bonds is 0. The first-order valence-electron chi connectivity index (χ1n) is 4.99. The van der Waals surface area contributed by atoms with Gasteiger partial charge in [0.1, 0.15) is 11.3 Å². The summed E-state index contributed by atoms with van der Waals surface area (Å²) in [4.78, 5) is 22.7. The second-order valence-corrected chi connectivity index (χ2v) is 3.72. The van der Waals surface area contributed by atoms with E-state index in [0.717, 1.165) is 5.56 Å². The predicted molar refractivity (Wildman–Crippen MR) is 56.4 cm³/mol. The Hall–Kier alpha value is -2.10. The highest BCUT2D eigenvalue weighted by molar-refractivity contribution is 5.83. The first kappa shape index (κ1) is 9.15. The zero-order chi connectivity index (χ0) is 11.1. The lowest BCUT2D eigenvalue weighted by Crippen LogP contribution is -2.16. The minimum absolute atomic E-state index is 0.0825. The van der Waals surface area contributed by atoms with E-state index in [4.69, 9.17) is 9.15 Å². The molecular weight excluding hydrogens is 208 g/mol. The van der Waals surface area contributed by atoms with Gasteiger partial charge in [0, 0.05) is 12.1 Å². The number of ether oxygens (including phenoxy) is 1. The van der Waals surface area contributed by atoms with Crippen molar-refractivity contribution >= 4 is 16.9 Å². The molecule has 80 valence electrons. The Morgan fingerprint density at radius 1 is 1.12 bits per heavy atom. The van der Waals surface area contributed by atoms with Crippen LogP contribution in [0, 0.1) is 0 Å². The standard InChI is InChI=1S/C12H8O4/c13-9-3-4-15-11-6-10-7(5-8(9)11)1-2-12(14)16-10/h3-6H,1-2H2. The molecule has 0 saturated carbocycles. The Morgan fingerprint density at radius 2 is 2.00 bits per heavy atom. The van der Waals surface area contributed by atoms with Gasteiger partial charge in [0.05, 0.1) is 18.1 Å². The summed E-state index contributed by atoms with van der Waals surface area (Å²) in [5, 5.41) is 0.527. The molecule has 4 nitrogen and oxygen atoms in total. The van der Waals surface area contributed by atoms with Gasteiger partial charge < -0.3 is 9.15 Å². The highest BCUT2D eigenvalue weighted by atomic mass is 16.5. The number of carbonyl (C=O) groups is 1. The number of fused-ring (bicyclic) bond motifs is 2. The van der Waals surface area contributed by atoms with E-state index < -0.39 is 0 Å². The number of carbonyl (C=O) groups excluding carboxylic acids is 1. The predicted octanol–water partition coefficient (Wildman–Crippen LogP) is 1.64. The normalized spacial score (nSPS) is 14.6. The van der Waals surface area contributed by atoms with E-state index in [1.807, 2.05) is 0 Å². The molecule has 0 fully saturated rings. The Bertz CT molecular complexity index is 639. The van der Waals surface area contributed by atoms with Crippen molar-refractivity contribution in [2.45, 2.75) is 12.8 Å². The van der Waals surface area contributed by atoms with Crippen LogP contribution in [0.5, 0.6) is 5.75 Å². The van der Waals surface area contributed by atoms with E-state index >= 15 is 0 Å². The molecule has 2 heterocycles. The van der Waals surface area contributed by atoms with E-state index in [1.54, 1.807) is 12.1 Å². The Kier molecular flexibility index (Phi) is 1.83. The van der Waals surface area contributed by atoms with Crippen LogP contribution in [0.3, 0.4) is 0 Å². The highest BCUT2D eigenvalue weighted by Gasteiger charge is 2.18. The maximum Gasteiger partial charge on any atom is 0.311 e. The fraction of sp³-hybridized carbons (Fsp3) is 0.167. The second kappa shape index (κ2) is 3.20. The third-order valence-corrected chi connectivity index (χ3v) is 2.66. The van der Waals surface area contributed by atoms with Gasteiger partial charge >= 0.3 is 5.97 Å². The molecule has 0 N–H and O–H groups in total. The van der Waals surface area contributed by atoms with Gasteiger partial charge in [0.2, 0.25) is 0 Å². The maximum absolute atomic E-state index is 11.6. The fourth-order valence-electron chi connectivity index (χ4n) is 1.86. The van der Waals surface area contributed by atoms with Crippen molar-refractivity contribution in [2.24, 2.45) is 0 Å². The first-order valence-corrected chi connectivity index (χ1v) is 4.99. The smallest absolute Gasteiger partial charge is 0.311 e. The van der Waals surface area contributed by atoms with Gasteiger partial charge in [-0.25, -0.2) is 0 Å². The van der Waals surface area contributed by atoms with Crippen LogP contribution in [0.15, 0.2) is 33.7 Å². The lowest BCUT2D eigenvalue weighted by atomic mass is 10.0. The van der Waals surface area contributed by atoms with Crippen LogP contribution in [0.25, 0.3) is 11.0 Å². The summed E-state index contributed by atoms with van der Waals surface area (Å²) in [5.41, 5.74) is 1.24. The number of esters is 1. The van der Waals surface area contributed by atoms with Gasteiger partial charge in [-0.15, -0.1) is 0 Å². The fourth-order valence-corrected chi connectivity index (χ4v) is 1.86. The zero-order valence-electron chi connectivity index (χ0n) is 8.36. The maximum atomic E-state index is 11.6. The molecule has 1 aliphatic heterocycles. The van der Waals surface area contributed by atoms with Crippen LogP contribution < -0.4 is 10.2 Å². The van der Waals surface area contributed by atoms with Crippen LogP contribution in [0.2, 0.25) is 0 Å². The summed E-state index contributed by atoms with van der Waals surface area (Å²) in [6.07, 6.45) is 2.30. The van der Waals surface area contributed by atoms with Crippen molar-refractivity contribution in [1.82, 2.24) is 0 Å². The monoisotopic (exact) mass is 216 g/mol. The minimum Gasteiger partial charge on any atom is -0.464 e. The minimum atomic E-state index is -0.245. The molecule has 1 aromatic heterocycles. The largest absolute Gasteiger partial charge is 0.464 e. The lowest BCUT2D eigenvalue weighted by Gasteiger charge is -2.15. The Balaban J connectivity index is 2.31. The van der Waals surface area contributed by atoms with Crippen molar-refractivity contribution in [2.75, 3.05) is 0 Å². The summed E-state index contributed by atoms with van der Waals surface area (Å²) in [5.74, 6) is 0.253. The van der Waals surface area contributed by atoms with E-state index in [2.05, 4.69) is 0 Å². The van der Waals surface area contributed by atoms with Gasteiger partial charge in [-0.05, 0) is 18.1 Å². The summed E-state index contributed by atoms with van der Waals surface area (Å²) >= 11 is 0. The first-order chi connectivity index (χ1) is 7.74. The van der Waals surface area contributed by atoms with Gasteiger partial charge in [-0.2, -0.15) is 0 Å². The quantitative estimate of drug-likeness (QED) is 0.496. The molecule has 2 aromatic rings. The van der Waals surface area contributed by atoms with Crippen molar-refractivity contribution in [3.05, 3.63) is 40.2 Å². The number of aryl methyl sites for hydroxylation is 1. The summed E-state index contributed by atoms with van der Waals surface area (Å²) in [7, 11) is 0. The molecule has 0 saturated heterocycles. The molecule has 4 heteroatoms. The van der Waals surface area contributed by atoms with Crippen LogP contribution in [-0.4, -0.2) is 5.97 Å². The average Bonchev–Trinajstić information content (AvgIpc) is 2.27. The Morgan fingerprint density at radius 3 is 2.88 bits per heavy atom. The molecule has 0 bridgehead atoms. The highest BCUT2D eigenvalue weighted by Crippen LogP contribution is 2.28. The van der Waals surface area contributed by atoms with Crippen LogP contribution >= 0.6 is 0 Å².